The van der Waals surface area contributed by atoms with E-state index >= 15 is 0 Å². The van der Waals surface area contributed by atoms with Crippen molar-refractivity contribution < 1.29 is 14.6 Å². The van der Waals surface area contributed by atoms with Gasteiger partial charge in [-0.05, 0) is 57.1 Å². The molecule has 8 nitrogen and oxygen atoms in total. The Morgan fingerprint density at radius 3 is 2.44 bits per heavy atom. The summed E-state index contributed by atoms with van der Waals surface area (Å²) in [5.74, 6) is 1.68. The van der Waals surface area contributed by atoms with Gasteiger partial charge < -0.3 is 20.0 Å². The van der Waals surface area contributed by atoms with Gasteiger partial charge in [0, 0.05) is 37.0 Å². The van der Waals surface area contributed by atoms with Crippen molar-refractivity contribution in [3.8, 4) is 5.82 Å². The maximum Gasteiger partial charge on any atom is 0.159 e. The van der Waals surface area contributed by atoms with Crippen molar-refractivity contribution in [1.82, 2.24) is 24.6 Å². The molecular weight excluding hydrogens is 411 g/mol. The molecular formula is C23H29FN6O2. The van der Waals surface area contributed by atoms with Crippen LogP contribution in [0.2, 0.25) is 0 Å². The number of piperidine rings is 1. The Balaban J connectivity index is 1.55. The zero-order chi connectivity index (χ0) is 22.6. The highest BCUT2D eigenvalue weighted by atomic mass is 19.1. The zero-order valence-electron chi connectivity index (χ0n) is 18.6. The SMILES string of the molecule is Cc1nc(N2C[C@@H](O)[C@@H](O)C2)cc(-n2ncc3cc(C)c(C4CCN(C)CC4F)cc32)n1. The number of halogens is 1. The average Bonchev–Trinajstić information content (AvgIpc) is 3.30. The molecule has 4 atom stereocenters. The number of nitrogens with zero attached hydrogens (tertiary/aromatic N) is 6. The maximum atomic E-state index is 14.9. The fourth-order valence-corrected chi connectivity index (χ4v) is 4.96. The smallest absolute Gasteiger partial charge is 0.159 e. The summed E-state index contributed by atoms with van der Waals surface area (Å²) in [4.78, 5) is 13.0. The van der Waals surface area contributed by atoms with Gasteiger partial charge >= 0.3 is 0 Å². The lowest BCUT2D eigenvalue weighted by Crippen LogP contribution is -2.38. The monoisotopic (exact) mass is 440 g/mol. The summed E-state index contributed by atoms with van der Waals surface area (Å²) >= 11 is 0. The quantitative estimate of drug-likeness (QED) is 0.641. The molecule has 0 amide bonds. The molecule has 9 heteroatoms. The third-order valence-corrected chi connectivity index (χ3v) is 6.71. The fraction of sp³-hybridized carbons (Fsp3) is 0.522. The number of rotatable bonds is 3. The summed E-state index contributed by atoms with van der Waals surface area (Å²) in [5.41, 5.74) is 2.98. The van der Waals surface area contributed by atoms with Crippen molar-refractivity contribution in [2.45, 2.75) is 44.6 Å². The van der Waals surface area contributed by atoms with E-state index < -0.39 is 18.4 Å². The molecule has 170 valence electrons. The van der Waals surface area contributed by atoms with Crippen LogP contribution in [-0.2, 0) is 0 Å². The Labute approximate surface area is 186 Å². The summed E-state index contributed by atoms with van der Waals surface area (Å²) < 4.78 is 16.7. The Morgan fingerprint density at radius 2 is 1.72 bits per heavy atom. The lowest BCUT2D eigenvalue weighted by molar-refractivity contribution is 0.0572. The first-order chi connectivity index (χ1) is 15.3. The maximum absolute atomic E-state index is 14.9. The van der Waals surface area contributed by atoms with Crippen molar-refractivity contribution >= 4 is 16.7 Å². The molecule has 0 radical (unpaired) electrons. The van der Waals surface area contributed by atoms with Crippen LogP contribution in [-0.4, -0.2) is 86.5 Å². The predicted octanol–water partition coefficient (Wildman–Crippen LogP) is 1.73. The number of fused-ring (bicyclic) bond motifs is 1. The second-order valence-electron chi connectivity index (χ2n) is 9.17. The van der Waals surface area contributed by atoms with Crippen LogP contribution >= 0.6 is 0 Å². The van der Waals surface area contributed by atoms with E-state index in [0.29, 0.717) is 37.1 Å². The van der Waals surface area contributed by atoms with E-state index in [-0.39, 0.29) is 5.92 Å². The highest BCUT2D eigenvalue weighted by molar-refractivity contribution is 5.82. The second-order valence-corrected chi connectivity index (χ2v) is 9.17. The van der Waals surface area contributed by atoms with E-state index in [9.17, 15) is 14.6 Å². The standard InChI is InChI=1S/C23H29FN6O2/c1-13-6-15-9-25-30(19(15)7-17(13)16-4-5-28(3)10-18(16)24)23-8-22(26-14(2)27-23)29-11-20(31)21(32)12-29/h6-9,16,18,20-21,31-32H,4-5,10-12H2,1-3H3/t16?,18?,20-,21+. The minimum atomic E-state index is -0.901. The largest absolute Gasteiger partial charge is 0.389 e. The third kappa shape index (κ3) is 3.74. The average molecular weight is 441 g/mol. The normalized spacial score (nSPS) is 26.9. The summed E-state index contributed by atoms with van der Waals surface area (Å²) in [7, 11) is 1.96. The number of aliphatic hydroxyl groups excluding tert-OH is 2. The fourth-order valence-electron chi connectivity index (χ4n) is 4.96. The Morgan fingerprint density at radius 1 is 1.00 bits per heavy atom. The van der Waals surface area contributed by atoms with E-state index in [1.165, 1.54) is 0 Å². The molecule has 3 aromatic rings. The number of aliphatic hydroxyl groups is 2. The topological polar surface area (TPSA) is 90.5 Å². The highest BCUT2D eigenvalue weighted by Gasteiger charge is 2.32. The summed E-state index contributed by atoms with van der Waals surface area (Å²) in [6.45, 7) is 5.80. The number of alkyl halides is 1. The molecule has 4 heterocycles. The summed E-state index contributed by atoms with van der Waals surface area (Å²) in [6.07, 6.45) is 0.0889. The van der Waals surface area contributed by atoms with Crippen molar-refractivity contribution in [3.05, 3.63) is 41.3 Å². The second kappa shape index (κ2) is 8.06. The van der Waals surface area contributed by atoms with Gasteiger partial charge in [0.2, 0.25) is 0 Å². The first-order valence-electron chi connectivity index (χ1n) is 11.1. The number of β-amino-alcohol motifs (C(OH)–C–C–N with tert-alkyl or cyclic N) is 2. The van der Waals surface area contributed by atoms with E-state index in [4.69, 9.17) is 0 Å². The zero-order valence-corrected chi connectivity index (χ0v) is 18.6. The molecule has 2 unspecified atom stereocenters. The van der Waals surface area contributed by atoms with Gasteiger partial charge in [0.1, 0.15) is 17.8 Å². The van der Waals surface area contributed by atoms with Crippen LogP contribution in [0.15, 0.2) is 24.4 Å². The molecule has 2 N–H and O–H groups in total. The number of aromatic nitrogens is 4. The molecule has 0 bridgehead atoms. The van der Waals surface area contributed by atoms with Gasteiger partial charge in [0.05, 0.1) is 23.9 Å². The van der Waals surface area contributed by atoms with Crippen LogP contribution in [0.5, 0.6) is 0 Å². The van der Waals surface area contributed by atoms with E-state index in [0.717, 1.165) is 35.0 Å². The molecule has 1 aromatic carbocycles. The van der Waals surface area contributed by atoms with Gasteiger partial charge in [0.15, 0.2) is 5.82 Å². The lowest BCUT2D eigenvalue weighted by atomic mass is 9.85. The Hall–Kier alpha value is -2.62. The Kier molecular flexibility index (Phi) is 5.35. The van der Waals surface area contributed by atoms with E-state index in [1.807, 2.05) is 36.8 Å². The van der Waals surface area contributed by atoms with Crippen LogP contribution in [0, 0.1) is 13.8 Å². The number of benzene rings is 1. The minimum absolute atomic E-state index is 0.130. The molecule has 5 rings (SSSR count). The van der Waals surface area contributed by atoms with Crippen molar-refractivity contribution in [1.29, 1.82) is 0 Å². The first-order valence-corrected chi connectivity index (χ1v) is 11.1. The Bertz CT molecular complexity index is 1140. The minimum Gasteiger partial charge on any atom is -0.389 e. The molecule has 2 fully saturated rings. The van der Waals surface area contributed by atoms with Crippen LogP contribution in [0.4, 0.5) is 10.2 Å². The molecule has 2 aliphatic rings. The molecule has 0 saturated carbocycles. The summed E-state index contributed by atoms with van der Waals surface area (Å²) in [5, 5.41) is 25.4. The molecule has 2 aliphatic heterocycles. The molecule has 2 saturated heterocycles. The first kappa shape index (κ1) is 21.2. The number of hydrogen-bond donors (Lipinski definition) is 2. The third-order valence-electron chi connectivity index (χ3n) is 6.71. The van der Waals surface area contributed by atoms with Gasteiger partial charge in [-0.25, -0.2) is 19.0 Å². The molecule has 2 aromatic heterocycles. The van der Waals surface area contributed by atoms with Crippen LogP contribution in [0.1, 0.15) is 29.3 Å². The van der Waals surface area contributed by atoms with Gasteiger partial charge in [-0.2, -0.15) is 5.10 Å². The van der Waals surface area contributed by atoms with Gasteiger partial charge in [-0.3, -0.25) is 0 Å². The molecule has 32 heavy (non-hydrogen) atoms. The van der Waals surface area contributed by atoms with Gasteiger partial charge in [0.25, 0.3) is 0 Å². The van der Waals surface area contributed by atoms with Crippen molar-refractivity contribution in [2.75, 3.05) is 38.1 Å². The molecule has 0 aliphatic carbocycles. The van der Waals surface area contributed by atoms with Crippen molar-refractivity contribution in [2.24, 2.45) is 0 Å². The van der Waals surface area contributed by atoms with Crippen LogP contribution < -0.4 is 4.90 Å². The highest BCUT2D eigenvalue weighted by Crippen LogP contribution is 2.35. The van der Waals surface area contributed by atoms with Crippen LogP contribution in [0.3, 0.4) is 0 Å². The number of likely N-dealkylation sites (tertiary alicyclic amines) is 1. The van der Waals surface area contributed by atoms with Crippen molar-refractivity contribution in [3.63, 3.8) is 0 Å². The number of anilines is 1. The summed E-state index contributed by atoms with van der Waals surface area (Å²) in [6, 6.07) is 5.94. The van der Waals surface area contributed by atoms with Gasteiger partial charge in [-0.1, -0.05) is 0 Å². The molecule has 0 spiro atoms. The van der Waals surface area contributed by atoms with E-state index in [2.05, 4.69) is 27.2 Å². The predicted molar refractivity (Wildman–Crippen MR) is 120 cm³/mol. The number of hydrogen-bond acceptors (Lipinski definition) is 7. The van der Waals surface area contributed by atoms with E-state index in [1.54, 1.807) is 10.9 Å². The number of aryl methyl sites for hydroxylation is 2. The van der Waals surface area contributed by atoms with Crippen LogP contribution in [0.25, 0.3) is 16.7 Å². The lowest BCUT2D eigenvalue weighted by Gasteiger charge is -2.33. The van der Waals surface area contributed by atoms with Gasteiger partial charge in [-0.15, -0.1) is 0 Å².